The van der Waals surface area contributed by atoms with Crippen LogP contribution in [0.4, 0.5) is 5.69 Å². The standard InChI is InChI=1S/C10H10ClN3O2/c1-2-6-8(14(15)16)4-3-7-10(6)13-9(5-11)12-7/h3-4H,2,5H2,1H3,(H,12,13). The average molecular weight is 240 g/mol. The third kappa shape index (κ3) is 1.63. The third-order valence-corrected chi connectivity index (χ3v) is 2.71. The van der Waals surface area contributed by atoms with E-state index in [1.807, 2.05) is 6.92 Å². The summed E-state index contributed by atoms with van der Waals surface area (Å²) in [5, 5.41) is 10.8. The number of rotatable bonds is 3. The molecule has 0 bridgehead atoms. The Morgan fingerprint density at radius 1 is 1.56 bits per heavy atom. The number of hydrogen-bond donors (Lipinski definition) is 1. The zero-order valence-corrected chi connectivity index (χ0v) is 9.41. The molecule has 84 valence electrons. The monoisotopic (exact) mass is 239 g/mol. The molecule has 0 saturated heterocycles. The fraction of sp³-hybridized carbons (Fsp3) is 0.300. The van der Waals surface area contributed by atoms with Crippen LogP contribution in [-0.4, -0.2) is 14.9 Å². The van der Waals surface area contributed by atoms with Crippen molar-refractivity contribution < 1.29 is 4.92 Å². The zero-order chi connectivity index (χ0) is 11.7. The van der Waals surface area contributed by atoms with E-state index in [0.717, 1.165) is 5.52 Å². The molecule has 0 unspecified atom stereocenters. The van der Waals surface area contributed by atoms with Crippen LogP contribution in [0.3, 0.4) is 0 Å². The summed E-state index contributed by atoms with van der Waals surface area (Å²) in [6.07, 6.45) is 0.570. The Bertz CT molecular complexity index is 550. The molecule has 2 rings (SSSR count). The lowest BCUT2D eigenvalue weighted by atomic mass is 10.1. The highest BCUT2D eigenvalue weighted by Crippen LogP contribution is 2.27. The molecular formula is C10H10ClN3O2. The maximum Gasteiger partial charge on any atom is 0.274 e. The summed E-state index contributed by atoms with van der Waals surface area (Å²) in [5.41, 5.74) is 2.20. The predicted molar refractivity (Wildman–Crippen MR) is 61.7 cm³/mol. The van der Waals surface area contributed by atoms with Crippen LogP contribution in [0.2, 0.25) is 0 Å². The Labute approximate surface area is 96.6 Å². The Kier molecular flexibility index (Phi) is 2.78. The Hall–Kier alpha value is -1.62. The van der Waals surface area contributed by atoms with Gasteiger partial charge in [0.25, 0.3) is 5.69 Å². The van der Waals surface area contributed by atoms with E-state index in [1.54, 1.807) is 6.07 Å². The molecule has 5 nitrogen and oxygen atoms in total. The molecule has 0 atom stereocenters. The highest BCUT2D eigenvalue weighted by molar-refractivity contribution is 6.16. The van der Waals surface area contributed by atoms with Crippen molar-refractivity contribution in [2.75, 3.05) is 0 Å². The Morgan fingerprint density at radius 2 is 2.31 bits per heavy atom. The van der Waals surface area contributed by atoms with Crippen molar-refractivity contribution in [2.45, 2.75) is 19.2 Å². The van der Waals surface area contributed by atoms with E-state index in [9.17, 15) is 10.1 Å². The molecule has 16 heavy (non-hydrogen) atoms. The van der Waals surface area contributed by atoms with Gasteiger partial charge in [-0.2, -0.15) is 0 Å². The van der Waals surface area contributed by atoms with Crippen LogP contribution in [0.15, 0.2) is 12.1 Å². The fourth-order valence-electron chi connectivity index (χ4n) is 1.76. The smallest absolute Gasteiger partial charge is 0.274 e. The number of nitrogens with one attached hydrogen (secondary N) is 1. The number of nitro groups is 1. The molecule has 0 saturated carbocycles. The van der Waals surface area contributed by atoms with Crippen molar-refractivity contribution in [3.05, 3.63) is 33.6 Å². The summed E-state index contributed by atoms with van der Waals surface area (Å²) in [4.78, 5) is 17.7. The minimum Gasteiger partial charge on any atom is -0.341 e. The number of nitro benzene ring substituents is 1. The fourth-order valence-corrected chi connectivity index (χ4v) is 1.88. The Balaban J connectivity index is 2.74. The second kappa shape index (κ2) is 4.09. The van der Waals surface area contributed by atoms with Gasteiger partial charge in [-0.25, -0.2) is 4.98 Å². The second-order valence-corrected chi connectivity index (χ2v) is 3.65. The molecule has 0 aliphatic heterocycles. The van der Waals surface area contributed by atoms with Crippen LogP contribution in [0.1, 0.15) is 18.3 Å². The van der Waals surface area contributed by atoms with E-state index >= 15 is 0 Å². The van der Waals surface area contributed by atoms with Gasteiger partial charge in [-0.05, 0) is 12.5 Å². The molecule has 1 aromatic carbocycles. The first-order chi connectivity index (χ1) is 7.67. The van der Waals surface area contributed by atoms with Crippen molar-refractivity contribution in [3.8, 4) is 0 Å². The summed E-state index contributed by atoms with van der Waals surface area (Å²) < 4.78 is 0. The van der Waals surface area contributed by atoms with Gasteiger partial charge in [0.05, 0.1) is 27.4 Å². The molecule has 1 N–H and O–H groups in total. The third-order valence-electron chi connectivity index (χ3n) is 2.46. The van der Waals surface area contributed by atoms with Crippen molar-refractivity contribution in [2.24, 2.45) is 0 Å². The number of hydrogen-bond acceptors (Lipinski definition) is 3. The molecule has 0 amide bonds. The first-order valence-corrected chi connectivity index (χ1v) is 5.41. The van der Waals surface area contributed by atoms with Gasteiger partial charge in [0.1, 0.15) is 5.82 Å². The minimum atomic E-state index is -0.382. The summed E-state index contributed by atoms with van der Waals surface area (Å²) >= 11 is 5.67. The van der Waals surface area contributed by atoms with Gasteiger partial charge in [0, 0.05) is 6.07 Å². The normalized spacial score (nSPS) is 10.9. The number of H-pyrrole nitrogens is 1. The lowest BCUT2D eigenvalue weighted by Crippen LogP contribution is -1.95. The Morgan fingerprint density at radius 3 is 2.88 bits per heavy atom. The molecule has 0 spiro atoms. The van der Waals surface area contributed by atoms with Crippen LogP contribution in [-0.2, 0) is 12.3 Å². The lowest BCUT2D eigenvalue weighted by Gasteiger charge is -1.99. The quantitative estimate of drug-likeness (QED) is 0.509. The summed E-state index contributed by atoms with van der Waals surface area (Å²) in [6, 6.07) is 3.16. The van der Waals surface area contributed by atoms with Gasteiger partial charge in [0.15, 0.2) is 0 Å². The average Bonchev–Trinajstić information content (AvgIpc) is 2.69. The summed E-state index contributed by atoms with van der Waals surface area (Å²) in [5.74, 6) is 0.901. The van der Waals surface area contributed by atoms with Gasteiger partial charge < -0.3 is 4.98 Å². The SMILES string of the molecule is CCc1c([N+](=O)[O-])ccc2[nH]c(CCl)nc12. The van der Waals surface area contributed by atoms with Gasteiger partial charge in [-0.15, -0.1) is 11.6 Å². The van der Waals surface area contributed by atoms with E-state index in [2.05, 4.69) is 9.97 Å². The summed E-state index contributed by atoms with van der Waals surface area (Å²) in [7, 11) is 0. The van der Waals surface area contributed by atoms with Gasteiger partial charge in [0.2, 0.25) is 0 Å². The number of halogens is 1. The molecule has 2 aromatic rings. The van der Waals surface area contributed by atoms with Crippen molar-refractivity contribution >= 4 is 28.3 Å². The molecule has 6 heteroatoms. The lowest BCUT2D eigenvalue weighted by molar-refractivity contribution is -0.385. The highest BCUT2D eigenvalue weighted by atomic mass is 35.5. The number of alkyl halides is 1. The number of imidazole rings is 1. The molecular weight excluding hydrogens is 230 g/mol. The molecule has 0 fully saturated rings. The van der Waals surface area contributed by atoms with Crippen LogP contribution in [0, 0.1) is 10.1 Å². The van der Waals surface area contributed by atoms with E-state index in [4.69, 9.17) is 11.6 Å². The van der Waals surface area contributed by atoms with Crippen LogP contribution in [0.25, 0.3) is 11.0 Å². The van der Waals surface area contributed by atoms with E-state index in [0.29, 0.717) is 23.3 Å². The number of aromatic amines is 1. The van der Waals surface area contributed by atoms with E-state index < -0.39 is 0 Å². The van der Waals surface area contributed by atoms with Crippen LogP contribution < -0.4 is 0 Å². The highest BCUT2D eigenvalue weighted by Gasteiger charge is 2.17. The van der Waals surface area contributed by atoms with Crippen LogP contribution in [0.5, 0.6) is 0 Å². The van der Waals surface area contributed by atoms with Gasteiger partial charge in [-0.1, -0.05) is 6.92 Å². The largest absolute Gasteiger partial charge is 0.341 e. The zero-order valence-electron chi connectivity index (χ0n) is 8.66. The first-order valence-electron chi connectivity index (χ1n) is 4.88. The number of nitrogens with zero attached hydrogens (tertiary/aromatic N) is 2. The van der Waals surface area contributed by atoms with E-state index in [-0.39, 0.29) is 16.5 Å². The molecule has 1 heterocycles. The summed E-state index contributed by atoms with van der Waals surface area (Å²) in [6.45, 7) is 1.87. The minimum absolute atomic E-state index is 0.114. The first kappa shape index (κ1) is 10.9. The molecule has 1 aromatic heterocycles. The maximum absolute atomic E-state index is 10.8. The maximum atomic E-state index is 10.8. The number of aromatic nitrogens is 2. The van der Waals surface area contributed by atoms with Crippen molar-refractivity contribution in [1.29, 1.82) is 0 Å². The second-order valence-electron chi connectivity index (χ2n) is 3.39. The number of benzene rings is 1. The number of aryl methyl sites for hydroxylation is 1. The topological polar surface area (TPSA) is 71.8 Å². The molecule has 0 radical (unpaired) electrons. The van der Waals surface area contributed by atoms with Crippen molar-refractivity contribution in [1.82, 2.24) is 9.97 Å². The number of fused-ring (bicyclic) bond motifs is 1. The molecule has 0 aliphatic rings. The molecule has 0 aliphatic carbocycles. The van der Waals surface area contributed by atoms with E-state index in [1.165, 1.54) is 6.07 Å². The van der Waals surface area contributed by atoms with Crippen molar-refractivity contribution in [3.63, 3.8) is 0 Å². The van der Waals surface area contributed by atoms with Gasteiger partial charge in [-0.3, -0.25) is 10.1 Å². The van der Waals surface area contributed by atoms with Crippen LogP contribution >= 0.6 is 11.6 Å². The predicted octanol–water partition coefficient (Wildman–Crippen LogP) is 2.77. The van der Waals surface area contributed by atoms with Gasteiger partial charge >= 0.3 is 0 Å².